The number of halogens is 3. The third kappa shape index (κ3) is 8.19. The highest BCUT2D eigenvalue weighted by Crippen LogP contribution is 2.43. The molecule has 6 aliphatic heterocycles. The van der Waals surface area contributed by atoms with Gasteiger partial charge in [-0.1, -0.05) is 0 Å². The maximum atomic E-state index is 13.5. The van der Waals surface area contributed by atoms with Crippen molar-refractivity contribution in [3.05, 3.63) is 77.0 Å². The van der Waals surface area contributed by atoms with Crippen molar-refractivity contribution in [3.63, 3.8) is 0 Å². The number of nitrogens with one attached hydrogen (secondary N) is 2. The first-order valence-electron chi connectivity index (χ1n) is 21.5. The van der Waals surface area contributed by atoms with Gasteiger partial charge in [-0.15, -0.1) is 0 Å². The largest absolute Gasteiger partial charge is 0.417 e. The molecule has 0 aliphatic carbocycles. The number of piperidine rings is 3. The minimum Gasteiger partial charge on any atom is -0.371 e. The number of fused-ring (bicyclic) bond motifs is 1. The summed E-state index contributed by atoms with van der Waals surface area (Å²) >= 11 is 0. The first-order chi connectivity index (χ1) is 29.8. The Hall–Kier alpha value is -6.02. The molecule has 7 heterocycles. The lowest BCUT2D eigenvalue weighted by Crippen LogP contribution is -2.61. The molecule has 5 fully saturated rings. The molecule has 5 amide bonds. The number of amides is 5. The molecular weight excluding hydrogens is 804 g/mol. The van der Waals surface area contributed by atoms with Gasteiger partial charge in [-0.2, -0.15) is 18.4 Å². The summed E-state index contributed by atoms with van der Waals surface area (Å²) < 4.78 is 40.4. The summed E-state index contributed by atoms with van der Waals surface area (Å²) in [7, 11) is 0. The number of carbonyl (C=O) groups is 5. The van der Waals surface area contributed by atoms with Gasteiger partial charge in [0.2, 0.25) is 17.7 Å². The molecule has 2 N–H and O–H groups in total. The molecular formula is C45H48F3N9O5. The molecule has 17 heteroatoms. The average molecular weight is 852 g/mol. The number of anilines is 4. The molecule has 2 aromatic carbocycles. The summed E-state index contributed by atoms with van der Waals surface area (Å²) in [5, 5.41) is 14.2. The number of pyridine rings is 1. The normalized spacial score (nSPS) is 23.1. The van der Waals surface area contributed by atoms with E-state index in [0.717, 1.165) is 93.8 Å². The molecule has 2 unspecified atom stereocenters. The van der Waals surface area contributed by atoms with E-state index in [1.54, 1.807) is 24.4 Å². The maximum absolute atomic E-state index is 13.5. The fraction of sp³-hybridized carbons (Fsp3) is 0.489. The van der Waals surface area contributed by atoms with E-state index in [0.29, 0.717) is 53.5 Å². The standard InChI is InChI=1S/C45H48F3N9O5/c46-45(47,48)36-21-32(2-1-30(36)22-49)56-16-11-29(25-56)19-40(59)51-38-7-4-33(23-50-38)54-14-9-28(10-15-54)24-53-26-44(27-53)12-17-55(18-13-44)31-3-5-34-35(20-31)43(62)57(42(34)61)37-6-8-39(58)52-41(37)60/h1-5,7,20-21,23,28-29,37H,6,8-19,24-27H2,(H,50,51,59)(H,52,58,60). The van der Waals surface area contributed by atoms with E-state index in [1.165, 1.54) is 12.1 Å². The van der Waals surface area contributed by atoms with Gasteiger partial charge in [-0.05, 0) is 104 Å². The molecule has 0 saturated carbocycles. The van der Waals surface area contributed by atoms with Crippen molar-refractivity contribution in [2.24, 2.45) is 17.3 Å². The van der Waals surface area contributed by atoms with Gasteiger partial charge in [0, 0.05) is 83.1 Å². The molecule has 0 radical (unpaired) electrons. The van der Waals surface area contributed by atoms with Crippen LogP contribution >= 0.6 is 0 Å². The molecule has 1 spiro atoms. The molecule has 1 aromatic heterocycles. The van der Waals surface area contributed by atoms with Crippen molar-refractivity contribution in [1.82, 2.24) is 20.1 Å². The van der Waals surface area contributed by atoms with Crippen LogP contribution in [0.25, 0.3) is 0 Å². The predicted molar refractivity (Wildman–Crippen MR) is 222 cm³/mol. The van der Waals surface area contributed by atoms with Gasteiger partial charge in [0.25, 0.3) is 11.8 Å². The van der Waals surface area contributed by atoms with Crippen molar-refractivity contribution >= 4 is 52.4 Å². The lowest BCUT2D eigenvalue weighted by atomic mass is 9.71. The molecule has 2 atom stereocenters. The van der Waals surface area contributed by atoms with Gasteiger partial charge < -0.3 is 24.9 Å². The van der Waals surface area contributed by atoms with Crippen LogP contribution in [-0.4, -0.2) is 109 Å². The molecule has 14 nitrogen and oxygen atoms in total. The highest BCUT2D eigenvalue weighted by Gasteiger charge is 2.47. The number of imide groups is 2. The second kappa shape index (κ2) is 16.4. The van der Waals surface area contributed by atoms with Crippen LogP contribution in [0.2, 0.25) is 0 Å². The van der Waals surface area contributed by atoms with Crippen molar-refractivity contribution in [2.45, 2.75) is 63.6 Å². The van der Waals surface area contributed by atoms with Crippen molar-refractivity contribution in [3.8, 4) is 6.07 Å². The Bertz CT molecular complexity index is 2330. The number of hydrogen-bond acceptors (Lipinski definition) is 11. The van der Waals surface area contributed by atoms with Crippen molar-refractivity contribution in [1.29, 1.82) is 5.26 Å². The summed E-state index contributed by atoms with van der Waals surface area (Å²) in [6, 6.07) is 13.5. The van der Waals surface area contributed by atoms with Crippen LogP contribution in [0.1, 0.15) is 83.2 Å². The molecule has 3 aromatic rings. The number of benzene rings is 2. The minimum atomic E-state index is -4.62. The van der Waals surface area contributed by atoms with E-state index in [2.05, 4.69) is 30.3 Å². The van der Waals surface area contributed by atoms with Gasteiger partial charge in [-0.25, -0.2) is 4.98 Å². The average Bonchev–Trinajstić information content (AvgIpc) is 3.81. The van der Waals surface area contributed by atoms with Crippen molar-refractivity contribution < 1.29 is 37.1 Å². The van der Waals surface area contributed by atoms with Crippen molar-refractivity contribution in [2.75, 3.05) is 78.9 Å². The highest BCUT2D eigenvalue weighted by atomic mass is 19.4. The fourth-order valence-electron chi connectivity index (χ4n) is 10.4. The first kappa shape index (κ1) is 41.3. The van der Waals surface area contributed by atoms with Crippen LogP contribution in [0.5, 0.6) is 0 Å². The van der Waals surface area contributed by atoms with E-state index in [9.17, 15) is 37.1 Å². The summed E-state index contributed by atoms with van der Waals surface area (Å²) in [6.07, 6.45) is 2.53. The maximum Gasteiger partial charge on any atom is 0.417 e. The van der Waals surface area contributed by atoms with Crippen LogP contribution < -0.4 is 25.3 Å². The van der Waals surface area contributed by atoms with Crippen LogP contribution in [0.4, 0.5) is 36.1 Å². The quantitative estimate of drug-likeness (QED) is 0.278. The second-order valence-electron chi connectivity index (χ2n) is 17.9. The first-order valence-corrected chi connectivity index (χ1v) is 21.5. The van der Waals surface area contributed by atoms with Crippen LogP contribution in [0.3, 0.4) is 0 Å². The number of hydrogen-bond donors (Lipinski definition) is 2. The summed E-state index contributed by atoms with van der Waals surface area (Å²) in [5.41, 5.74) is 1.83. The Labute approximate surface area is 357 Å². The Morgan fingerprint density at radius 2 is 1.48 bits per heavy atom. The minimum absolute atomic E-state index is 0.0236. The molecule has 0 bridgehead atoms. The summed E-state index contributed by atoms with van der Waals surface area (Å²) in [6.45, 7) is 7.77. The fourth-order valence-corrected chi connectivity index (χ4v) is 10.4. The summed E-state index contributed by atoms with van der Waals surface area (Å²) in [5.74, 6) is -1.14. The second-order valence-corrected chi connectivity index (χ2v) is 17.9. The van der Waals surface area contributed by atoms with Gasteiger partial charge >= 0.3 is 6.18 Å². The Morgan fingerprint density at radius 3 is 2.18 bits per heavy atom. The van der Waals surface area contributed by atoms with Gasteiger partial charge in [0.05, 0.1) is 40.2 Å². The lowest BCUT2D eigenvalue weighted by Gasteiger charge is -2.55. The summed E-state index contributed by atoms with van der Waals surface area (Å²) in [4.78, 5) is 78.0. The number of likely N-dealkylation sites (tertiary alicyclic amines) is 1. The van der Waals surface area contributed by atoms with E-state index in [1.807, 2.05) is 23.1 Å². The predicted octanol–water partition coefficient (Wildman–Crippen LogP) is 5.05. The smallest absolute Gasteiger partial charge is 0.371 e. The molecule has 62 heavy (non-hydrogen) atoms. The zero-order valence-corrected chi connectivity index (χ0v) is 34.3. The number of nitriles is 1. The highest BCUT2D eigenvalue weighted by molar-refractivity contribution is 6.23. The van der Waals surface area contributed by atoms with Crippen LogP contribution in [0, 0.1) is 28.6 Å². The van der Waals surface area contributed by atoms with Crippen LogP contribution in [-0.2, 0) is 20.6 Å². The Morgan fingerprint density at radius 1 is 0.823 bits per heavy atom. The Kier molecular flexibility index (Phi) is 10.9. The third-order valence-corrected chi connectivity index (χ3v) is 13.8. The van der Waals surface area contributed by atoms with E-state index in [-0.39, 0.29) is 31.1 Å². The molecule has 6 aliphatic rings. The van der Waals surface area contributed by atoms with E-state index < -0.39 is 47.0 Å². The number of carbonyl (C=O) groups excluding carboxylic acids is 5. The monoisotopic (exact) mass is 851 g/mol. The molecule has 5 saturated heterocycles. The topological polar surface area (TPSA) is 162 Å². The molecule has 324 valence electrons. The van der Waals surface area contributed by atoms with Gasteiger partial charge in [0.15, 0.2) is 0 Å². The zero-order valence-electron chi connectivity index (χ0n) is 34.3. The van der Waals surface area contributed by atoms with E-state index >= 15 is 0 Å². The number of alkyl halides is 3. The lowest BCUT2D eigenvalue weighted by molar-refractivity contribution is -0.138. The third-order valence-electron chi connectivity index (χ3n) is 13.8. The van der Waals surface area contributed by atoms with Gasteiger partial charge in [0.1, 0.15) is 11.9 Å². The SMILES string of the molecule is N#Cc1ccc(N2CCC(CC(=O)Nc3ccc(N4CCC(CN5CC6(CCN(c7ccc8c(c7)C(=O)N(C7CCC(=O)NC7=O)C8=O)CC6)C5)CC4)cn3)C2)cc1C(F)(F)F. The number of nitrogens with zero attached hydrogens (tertiary/aromatic N) is 7. The zero-order chi connectivity index (χ0) is 43.3. The van der Waals surface area contributed by atoms with E-state index in [4.69, 9.17) is 5.26 Å². The number of rotatable bonds is 9. The number of aromatic nitrogens is 1. The Balaban J connectivity index is 0.687. The van der Waals surface area contributed by atoms with Gasteiger partial charge in [-0.3, -0.25) is 34.2 Å². The van der Waals surface area contributed by atoms with Crippen LogP contribution in [0.15, 0.2) is 54.7 Å². The molecule has 9 rings (SSSR count).